The van der Waals surface area contributed by atoms with Gasteiger partial charge in [0.1, 0.15) is 0 Å². The predicted octanol–water partition coefficient (Wildman–Crippen LogP) is 9.77. The molecule has 0 spiro atoms. The Morgan fingerprint density at radius 2 is 1.65 bits per heavy atom. The minimum absolute atomic E-state index is 0.688. The van der Waals surface area contributed by atoms with Crippen molar-refractivity contribution in [3.8, 4) is 16.5 Å². The van der Waals surface area contributed by atoms with Gasteiger partial charge in [-0.25, -0.2) is 0 Å². The minimum atomic E-state index is 0.688. The molecule has 1 aliphatic carbocycles. The molecular formula is C28H35NS2. The largest absolute Gasteiger partial charge is 0.192 e. The molecule has 164 valence electrons. The average Bonchev–Trinajstić information content (AvgIpc) is 3.38. The van der Waals surface area contributed by atoms with E-state index in [0.717, 1.165) is 17.4 Å². The molecule has 2 heterocycles. The van der Waals surface area contributed by atoms with Crippen LogP contribution in [0, 0.1) is 23.2 Å². The van der Waals surface area contributed by atoms with E-state index in [1.807, 2.05) is 34.8 Å². The van der Waals surface area contributed by atoms with Crippen LogP contribution in [-0.4, -0.2) is 0 Å². The second-order valence-corrected chi connectivity index (χ2v) is 11.6. The Kier molecular flexibility index (Phi) is 7.86. The molecule has 0 N–H and O–H groups in total. The monoisotopic (exact) mass is 449 g/mol. The number of benzene rings is 1. The highest BCUT2D eigenvalue weighted by Gasteiger charge is 2.27. The van der Waals surface area contributed by atoms with Crippen LogP contribution in [0.2, 0.25) is 0 Å². The van der Waals surface area contributed by atoms with Crippen LogP contribution in [0.4, 0.5) is 0 Å². The Bertz CT molecular complexity index is 964. The Balaban J connectivity index is 1.32. The molecule has 0 bridgehead atoms. The molecule has 1 atom stereocenters. The Labute approximate surface area is 196 Å². The van der Waals surface area contributed by atoms with Crippen molar-refractivity contribution >= 4 is 32.1 Å². The highest BCUT2D eigenvalue weighted by atomic mass is 32.1. The van der Waals surface area contributed by atoms with Gasteiger partial charge in [0.05, 0.1) is 11.6 Å². The van der Waals surface area contributed by atoms with Crippen molar-refractivity contribution in [2.24, 2.45) is 11.8 Å². The highest BCUT2D eigenvalue weighted by molar-refractivity contribution is 7.29. The SMILES string of the molecule is CCCCCCCC1CCC(C(C)c2cc3sc(-c4ccc(C#N)cc4)cc3s2)CC1. The van der Waals surface area contributed by atoms with Gasteiger partial charge in [-0.3, -0.25) is 0 Å². The summed E-state index contributed by atoms with van der Waals surface area (Å²) in [5, 5.41) is 9.01. The van der Waals surface area contributed by atoms with Gasteiger partial charge >= 0.3 is 0 Å². The van der Waals surface area contributed by atoms with E-state index in [1.165, 1.54) is 84.0 Å². The zero-order valence-corrected chi connectivity index (χ0v) is 20.7. The zero-order valence-electron chi connectivity index (χ0n) is 19.0. The van der Waals surface area contributed by atoms with Crippen LogP contribution < -0.4 is 0 Å². The Morgan fingerprint density at radius 1 is 0.935 bits per heavy atom. The molecular weight excluding hydrogens is 414 g/mol. The molecule has 1 nitrogen and oxygen atoms in total. The number of nitrogens with zero attached hydrogens (tertiary/aromatic N) is 1. The maximum atomic E-state index is 9.01. The molecule has 1 aromatic carbocycles. The van der Waals surface area contributed by atoms with Gasteiger partial charge in [0.25, 0.3) is 0 Å². The molecule has 0 aliphatic heterocycles. The number of thiophene rings is 2. The highest BCUT2D eigenvalue weighted by Crippen LogP contribution is 2.45. The number of fused-ring (bicyclic) bond motifs is 1. The lowest BCUT2D eigenvalue weighted by Crippen LogP contribution is -2.18. The van der Waals surface area contributed by atoms with E-state index in [0.29, 0.717) is 5.92 Å². The summed E-state index contributed by atoms with van der Waals surface area (Å²) in [6, 6.07) is 15.0. The molecule has 0 saturated heterocycles. The third kappa shape index (κ3) is 5.60. The number of unbranched alkanes of at least 4 members (excludes halogenated alkanes) is 4. The van der Waals surface area contributed by atoms with E-state index in [9.17, 15) is 0 Å². The van der Waals surface area contributed by atoms with Crippen molar-refractivity contribution in [2.75, 3.05) is 0 Å². The average molecular weight is 450 g/mol. The summed E-state index contributed by atoms with van der Waals surface area (Å²) < 4.78 is 2.85. The van der Waals surface area contributed by atoms with Gasteiger partial charge in [0, 0.05) is 19.2 Å². The van der Waals surface area contributed by atoms with Gasteiger partial charge in [-0.15, -0.1) is 22.7 Å². The summed E-state index contributed by atoms with van der Waals surface area (Å²) in [7, 11) is 0. The van der Waals surface area contributed by atoms with E-state index in [2.05, 4.69) is 44.2 Å². The van der Waals surface area contributed by atoms with Crippen molar-refractivity contribution in [1.29, 1.82) is 5.26 Å². The van der Waals surface area contributed by atoms with Crippen molar-refractivity contribution in [1.82, 2.24) is 0 Å². The fourth-order valence-electron chi connectivity index (χ4n) is 5.18. The third-order valence-electron chi connectivity index (χ3n) is 7.29. The Morgan fingerprint density at radius 3 is 2.32 bits per heavy atom. The predicted molar refractivity (Wildman–Crippen MR) is 137 cm³/mol. The van der Waals surface area contributed by atoms with Crippen LogP contribution in [0.25, 0.3) is 19.8 Å². The molecule has 31 heavy (non-hydrogen) atoms. The van der Waals surface area contributed by atoms with Crippen molar-refractivity contribution in [2.45, 2.75) is 84.0 Å². The first kappa shape index (κ1) is 22.6. The lowest BCUT2D eigenvalue weighted by atomic mass is 9.74. The third-order valence-corrected chi connectivity index (χ3v) is 9.83. The van der Waals surface area contributed by atoms with Gasteiger partial charge in [-0.1, -0.05) is 77.3 Å². The fraction of sp³-hybridized carbons (Fsp3) is 0.536. The zero-order chi connectivity index (χ0) is 21.6. The lowest BCUT2D eigenvalue weighted by molar-refractivity contribution is 0.237. The molecule has 3 heteroatoms. The van der Waals surface area contributed by atoms with Crippen LogP contribution in [0.1, 0.15) is 94.4 Å². The smallest absolute Gasteiger partial charge is 0.0991 e. The summed E-state index contributed by atoms with van der Waals surface area (Å²) in [5.74, 6) is 2.54. The molecule has 0 radical (unpaired) electrons. The van der Waals surface area contributed by atoms with Crippen LogP contribution >= 0.6 is 22.7 Å². The molecule has 1 fully saturated rings. The van der Waals surface area contributed by atoms with Gasteiger partial charge in [0.2, 0.25) is 0 Å². The summed E-state index contributed by atoms with van der Waals surface area (Å²) >= 11 is 3.89. The molecule has 1 aliphatic rings. The van der Waals surface area contributed by atoms with E-state index in [4.69, 9.17) is 5.26 Å². The van der Waals surface area contributed by atoms with Crippen LogP contribution in [-0.2, 0) is 0 Å². The van der Waals surface area contributed by atoms with E-state index < -0.39 is 0 Å². The number of rotatable bonds is 9. The summed E-state index contributed by atoms with van der Waals surface area (Å²) in [4.78, 5) is 2.89. The molecule has 0 amide bonds. The number of hydrogen-bond donors (Lipinski definition) is 0. The van der Waals surface area contributed by atoms with Crippen LogP contribution in [0.15, 0.2) is 36.4 Å². The fourth-order valence-corrected chi connectivity index (χ4v) is 7.73. The maximum Gasteiger partial charge on any atom is 0.0991 e. The first-order chi connectivity index (χ1) is 15.2. The quantitative estimate of drug-likeness (QED) is 0.298. The summed E-state index contributed by atoms with van der Waals surface area (Å²) in [6.07, 6.45) is 14.3. The van der Waals surface area contributed by atoms with Crippen LogP contribution in [0.5, 0.6) is 0 Å². The van der Waals surface area contributed by atoms with Gasteiger partial charge in [-0.05, 0) is 60.4 Å². The van der Waals surface area contributed by atoms with Crippen molar-refractivity contribution in [3.63, 3.8) is 0 Å². The topological polar surface area (TPSA) is 23.8 Å². The molecule has 3 aromatic rings. The molecule has 1 unspecified atom stereocenters. The minimum Gasteiger partial charge on any atom is -0.192 e. The normalized spacial score (nSPS) is 20.0. The van der Waals surface area contributed by atoms with Gasteiger partial charge in [0.15, 0.2) is 0 Å². The first-order valence-electron chi connectivity index (χ1n) is 12.2. The number of nitriles is 1. The summed E-state index contributed by atoms with van der Waals surface area (Å²) in [6.45, 7) is 4.76. The van der Waals surface area contributed by atoms with E-state index in [-0.39, 0.29) is 0 Å². The van der Waals surface area contributed by atoms with E-state index >= 15 is 0 Å². The number of hydrogen-bond acceptors (Lipinski definition) is 3. The second-order valence-electron chi connectivity index (χ2n) is 9.45. The van der Waals surface area contributed by atoms with Gasteiger partial charge < -0.3 is 0 Å². The second kappa shape index (κ2) is 10.8. The first-order valence-corrected chi connectivity index (χ1v) is 13.8. The molecule has 1 saturated carbocycles. The standard InChI is InChI=1S/C28H35NS2/c1-3-4-5-6-7-8-21-9-13-23(14-10-21)20(2)25-17-27-28(30-25)18-26(31-27)24-15-11-22(19-29)12-16-24/h11-12,15-18,20-21,23H,3-10,13-14H2,1-2H3. The van der Waals surface area contributed by atoms with Crippen molar-refractivity contribution in [3.05, 3.63) is 46.8 Å². The maximum absolute atomic E-state index is 9.01. The molecule has 2 aromatic heterocycles. The lowest BCUT2D eigenvalue weighted by Gasteiger charge is -2.32. The molecule has 4 rings (SSSR count). The van der Waals surface area contributed by atoms with Crippen LogP contribution in [0.3, 0.4) is 0 Å². The van der Waals surface area contributed by atoms with Crippen molar-refractivity contribution < 1.29 is 0 Å². The van der Waals surface area contributed by atoms with Gasteiger partial charge in [-0.2, -0.15) is 5.26 Å². The summed E-state index contributed by atoms with van der Waals surface area (Å²) in [5.41, 5.74) is 1.94. The Hall–Kier alpha value is -1.63. The van der Waals surface area contributed by atoms with E-state index in [1.54, 1.807) is 4.88 Å².